The van der Waals surface area contributed by atoms with Crippen molar-refractivity contribution >= 4 is 31.9 Å². The maximum Gasteiger partial charge on any atom is 0.164 e. The molecule has 0 aromatic heterocycles. The van der Waals surface area contributed by atoms with Crippen LogP contribution in [0.2, 0.25) is 0 Å². The number of rotatable bonds is 0. The van der Waals surface area contributed by atoms with Crippen LogP contribution in [0, 0.1) is 0 Å². The van der Waals surface area contributed by atoms with E-state index < -0.39 is 0 Å². The van der Waals surface area contributed by atoms with Gasteiger partial charge in [0, 0.05) is 14.1 Å². The molecule has 0 radical (unpaired) electrons. The van der Waals surface area contributed by atoms with Crippen LogP contribution in [-0.2, 0) is 0 Å². The number of hydrogen-bond donors (Lipinski definition) is 2. The van der Waals surface area contributed by atoms with Gasteiger partial charge in [0.2, 0.25) is 0 Å². The first kappa shape index (κ1) is 9.64. The molecule has 10 heavy (non-hydrogen) atoms. The third-order valence-corrected chi connectivity index (χ3v) is 2.72. The molecule has 0 unspecified atom stereocenters. The van der Waals surface area contributed by atoms with E-state index in [1.165, 1.54) is 21.6 Å². The lowest BCUT2D eigenvalue weighted by molar-refractivity contribution is 1.44. The van der Waals surface area contributed by atoms with E-state index in [0.717, 1.165) is 0 Å². The number of nitrogens with zero attached hydrogens (tertiary/aromatic N) is 2. The summed E-state index contributed by atoms with van der Waals surface area (Å²) < 4.78 is 0. The summed E-state index contributed by atoms with van der Waals surface area (Å²) in [5.41, 5.74) is 10.7. The zero-order valence-electron chi connectivity index (χ0n) is 5.87. The average Bonchev–Trinajstić information content (AvgIpc) is 1.99. The van der Waals surface area contributed by atoms with Gasteiger partial charge in [0.15, 0.2) is 10.3 Å². The van der Waals surface area contributed by atoms with Crippen molar-refractivity contribution in [2.75, 3.05) is 14.1 Å². The Balaban J connectivity index is 3.56. The van der Waals surface area contributed by atoms with Crippen LogP contribution in [0.5, 0.6) is 0 Å². The van der Waals surface area contributed by atoms with Crippen molar-refractivity contribution in [1.82, 2.24) is 0 Å². The van der Waals surface area contributed by atoms with Gasteiger partial charge in [-0.15, -0.1) is 0 Å². The lowest BCUT2D eigenvalue weighted by Crippen LogP contribution is -2.08. The van der Waals surface area contributed by atoms with Crippen molar-refractivity contribution in [1.29, 1.82) is 0 Å². The lowest BCUT2D eigenvalue weighted by Gasteiger charge is -1.95. The maximum atomic E-state index is 5.36. The highest BCUT2D eigenvalue weighted by molar-refractivity contribution is 8.87. The molecule has 0 amide bonds. The molecule has 6 heteroatoms. The smallest absolute Gasteiger partial charge is 0.164 e. The van der Waals surface area contributed by atoms with Gasteiger partial charge >= 0.3 is 0 Å². The molecule has 4 N–H and O–H groups in total. The summed E-state index contributed by atoms with van der Waals surface area (Å²) in [6.45, 7) is 0. The third kappa shape index (κ3) is 4.51. The van der Waals surface area contributed by atoms with E-state index in [2.05, 4.69) is 9.98 Å². The second-order valence-corrected chi connectivity index (χ2v) is 3.46. The van der Waals surface area contributed by atoms with Crippen molar-refractivity contribution in [3.05, 3.63) is 0 Å². The molecule has 0 atom stereocenters. The molecule has 0 saturated carbocycles. The highest BCUT2D eigenvalue weighted by Gasteiger charge is 1.95. The van der Waals surface area contributed by atoms with E-state index >= 15 is 0 Å². The van der Waals surface area contributed by atoms with Crippen molar-refractivity contribution in [2.24, 2.45) is 21.5 Å². The highest BCUT2D eigenvalue weighted by Crippen LogP contribution is 2.19. The third-order valence-electron chi connectivity index (χ3n) is 0.653. The summed E-state index contributed by atoms with van der Waals surface area (Å²) in [6.07, 6.45) is 0. The monoisotopic (exact) mass is 178 g/mol. The first-order chi connectivity index (χ1) is 4.70. The SMILES string of the molecule is CN=C(N)SSC(N)=NC. The summed E-state index contributed by atoms with van der Waals surface area (Å²) in [5, 5.41) is 0.994. The van der Waals surface area contributed by atoms with Gasteiger partial charge in [-0.3, -0.25) is 9.98 Å². The maximum absolute atomic E-state index is 5.36. The van der Waals surface area contributed by atoms with Crippen LogP contribution in [0.3, 0.4) is 0 Å². The predicted octanol–water partition coefficient (Wildman–Crippen LogP) is 0.257. The second-order valence-electron chi connectivity index (χ2n) is 1.29. The van der Waals surface area contributed by atoms with E-state index in [0.29, 0.717) is 10.3 Å². The van der Waals surface area contributed by atoms with Crippen molar-refractivity contribution in [3.8, 4) is 0 Å². The van der Waals surface area contributed by atoms with E-state index in [1.54, 1.807) is 14.1 Å². The van der Waals surface area contributed by atoms with Crippen LogP contribution in [-0.4, -0.2) is 24.4 Å². The van der Waals surface area contributed by atoms with Gasteiger partial charge in [0.25, 0.3) is 0 Å². The van der Waals surface area contributed by atoms with Crippen molar-refractivity contribution in [2.45, 2.75) is 0 Å². The van der Waals surface area contributed by atoms with E-state index in [4.69, 9.17) is 11.5 Å². The van der Waals surface area contributed by atoms with Crippen LogP contribution < -0.4 is 11.5 Å². The van der Waals surface area contributed by atoms with Gasteiger partial charge in [0.05, 0.1) is 0 Å². The van der Waals surface area contributed by atoms with E-state index in [1.807, 2.05) is 0 Å². The van der Waals surface area contributed by atoms with Gasteiger partial charge in [-0.2, -0.15) is 0 Å². The molecule has 0 heterocycles. The van der Waals surface area contributed by atoms with Gasteiger partial charge < -0.3 is 11.5 Å². The number of aliphatic imine (C=N–C) groups is 2. The quantitative estimate of drug-likeness (QED) is 0.317. The Morgan fingerprint density at radius 1 is 1.00 bits per heavy atom. The summed E-state index contributed by atoms with van der Waals surface area (Å²) in [4.78, 5) is 7.44. The number of hydrogen-bond acceptors (Lipinski definition) is 4. The molecule has 0 aromatic rings. The molecule has 0 rings (SSSR count). The normalized spacial score (nSPS) is 13.8. The van der Waals surface area contributed by atoms with Gasteiger partial charge in [0.1, 0.15) is 0 Å². The molecule has 0 aliphatic heterocycles. The summed E-state index contributed by atoms with van der Waals surface area (Å²) >= 11 is 0. The minimum atomic E-state index is 0.497. The fraction of sp³-hybridized carbons (Fsp3) is 0.500. The molecule has 0 aromatic carbocycles. The summed E-state index contributed by atoms with van der Waals surface area (Å²) in [7, 11) is 5.85. The van der Waals surface area contributed by atoms with Crippen LogP contribution in [0.4, 0.5) is 0 Å². The fourth-order valence-corrected chi connectivity index (χ4v) is 1.44. The molecule has 0 bridgehead atoms. The zero-order chi connectivity index (χ0) is 7.98. The van der Waals surface area contributed by atoms with Gasteiger partial charge in [-0.25, -0.2) is 0 Å². The molecular formula is C4H10N4S2. The Kier molecular flexibility index (Phi) is 5.23. The molecule has 0 saturated heterocycles. The summed E-state index contributed by atoms with van der Waals surface area (Å²) in [5.74, 6) is 0. The number of nitrogens with two attached hydrogens (primary N) is 2. The van der Waals surface area contributed by atoms with E-state index in [-0.39, 0.29) is 0 Å². The standard InChI is InChI=1S/C4H10N4S2/c1-7-3(5)9-10-4(6)8-2/h1-2H3,(H2,5,7)(H2,6,8). The Bertz CT molecular complexity index is 135. The number of amidine groups is 2. The highest BCUT2D eigenvalue weighted by atomic mass is 33.1. The molecule has 4 nitrogen and oxygen atoms in total. The Morgan fingerprint density at radius 3 is 1.50 bits per heavy atom. The predicted molar refractivity (Wildman–Crippen MR) is 50.3 cm³/mol. The van der Waals surface area contributed by atoms with E-state index in [9.17, 15) is 0 Å². The molecule has 0 aliphatic carbocycles. The molecule has 0 fully saturated rings. The minimum absolute atomic E-state index is 0.497. The summed E-state index contributed by atoms with van der Waals surface area (Å²) in [6, 6.07) is 0. The van der Waals surface area contributed by atoms with Crippen LogP contribution in [0.15, 0.2) is 9.98 Å². The van der Waals surface area contributed by atoms with Crippen LogP contribution >= 0.6 is 21.6 Å². The van der Waals surface area contributed by atoms with Crippen molar-refractivity contribution < 1.29 is 0 Å². The van der Waals surface area contributed by atoms with Crippen LogP contribution in [0.25, 0.3) is 0 Å². The topological polar surface area (TPSA) is 76.8 Å². The zero-order valence-corrected chi connectivity index (χ0v) is 7.50. The Hall–Kier alpha value is -0.360. The van der Waals surface area contributed by atoms with Crippen LogP contribution in [0.1, 0.15) is 0 Å². The molecule has 58 valence electrons. The average molecular weight is 178 g/mol. The van der Waals surface area contributed by atoms with Crippen molar-refractivity contribution in [3.63, 3.8) is 0 Å². The second kappa shape index (κ2) is 5.43. The lowest BCUT2D eigenvalue weighted by atomic mass is 11.3. The van der Waals surface area contributed by atoms with Gasteiger partial charge in [-0.05, 0) is 21.6 Å². The Labute approximate surface area is 68.0 Å². The van der Waals surface area contributed by atoms with Gasteiger partial charge in [-0.1, -0.05) is 0 Å². The minimum Gasteiger partial charge on any atom is -0.378 e. The first-order valence-electron chi connectivity index (χ1n) is 2.49. The molecule has 0 spiro atoms. The first-order valence-corrected chi connectivity index (χ1v) is 4.64. The molecular weight excluding hydrogens is 168 g/mol. The molecule has 0 aliphatic rings. The largest absolute Gasteiger partial charge is 0.378 e. The Morgan fingerprint density at radius 2 is 1.30 bits per heavy atom. The fourth-order valence-electron chi connectivity index (χ4n) is 0.160.